The zero-order chi connectivity index (χ0) is 23.7. The average Bonchev–Trinajstić information content (AvgIpc) is 3.34. The van der Waals surface area contributed by atoms with E-state index in [4.69, 9.17) is 21.3 Å². The molecule has 3 heterocycles. The van der Waals surface area contributed by atoms with Crippen LogP contribution < -0.4 is 0 Å². The highest BCUT2D eigenvalue weighted by Crippen LogP contribution is 2.30. The SMILES string of the molecule is CCCOC(=O)N1CCN(C(=O)c2ccc3c(Cl)cc(-c4ccc5cn[nH]c5c4)nc3c2)CC1. The van der Waals surface area contributed by atoms with Crippen molar-refractivity contribution in [3.63, 3.8) is 0 Å². The number of nitrogens with zero attached hydrogens (tertiary/aromatic N) is 4. The van der Waals surface area contributed by atoms with E-state index < -0.39 is 0 Å². The standard InChI is InChI=1S/C25H24ClN5O3/c1-2-11-34-25(33)31-9-7-30(8-10-31)24(32)17-5-6-19-20(26)14-21(28-23(19)13-17)16-3-4-18-15-27-29-22(18)12-16/h3-6,12-15H,2,7-11H2,1H3,(H,27,29). The normalized spacial score (nSPS) is 14.1. The van der Waals surface area contributed by atoms with Gasteiger partial charge in [0.15, 0.2) is 0 Å². The maximum absolute atomic E-state index is 13.2. The van der Waals surface area contributed by atoms with Crippen LogP contribution in [0.15, 0.2) is 48.7 Å². The molecule has 1 aliphatic rings. The van der Waals surface area contributed by atoms with Gasteiger partial charge in [-0.1, -0.05) is 36.7 Å². The second-order valence-corrected chi connectivity index (χ2v) is 8.69. The lowest BCUT2D eigenvalue weighted by Gasteiger charge is -2.34. The maximum atomic E-state index is 13.2. The summed E-state index contributed by atoms with van der Waals surface area (Å²) in [7, 11) is 0. The highest BCUT2D eigenvalue weighted by Gasteiger charge is 2.26. The van der Waals surface area contributed by atoms with Crippen LogP contribution in [0.3, 0.4) is 0 Å². The van der Waals surface area contributed by atoms with E-state index in [2.05, 4.69) is 10.2 Å². The zero-order valence-corrected chi connectivity index (χ0v) is 19.5. The van der Waals surface area contributed by atoms with Crippen LogP contribution in [0.4, 0.5) is 4.79 Å². The Hall–Kier alpha value is -3.65. The van der Waals surface area contributed by atoms with Gasteiger partial charge in [0.25, 0.3) is 5.91 Å². The number of pyridine rings is 1. The minimum Gasteiger partial charge on any atom is -0.449 e. The molecule has 0 unspecified atom stereocenters. The van der Waals surface area contributed by atoms with Gasteiger partial charge < -0.3 is 14.5 Å². The fraction of sp³-hybridized carbons (Fsp3) is 0.280. The van der Waals surface area contributed by atoms with E-state index in [0.717, 1.165) is 34.0 Å². The molecule has 174 valence electrons. The van der Waals surface area contributed by atoms with Gasteiger partial charge in [-0.25, -0.2) is 9.78 Å². The van der Waals surface area contributed by atoms with Crippen LogP contribution in [-0.2, 0) is 4.74 Å². The lowest BCUT2D eigenvalue weighted by atomic mass is 10.1. The largest absolute Gasteiger partial charge is 0.449 e. The molecule has 0 atom stereocenters. The van der Waals surface area contributed by atoms with Crippen LogP contribution in [0, 0.1) is 0 Å². The number of rotatable bonds is 4. The van der Waals surface area contributed by atoms with Crippen LogP contribution >= 0.6 is 11.6 Å². The number of piperazine rings is 1. The van der Waals surface area contributed by atoms with E-state index in [9.17, 15) is 9.59 Å². The molecule has 0 saturated carbocycles. The zero-order valence-electron chi connectivity index (χ0n) is 18.8. The van der Waals surface area contributed by atoms with Gasteiger partial charge in [-0.15, -0.1) is 0 Å². The number of ether oxygens (including phenoxy) is 1. The third-order valence-corrected chi connectivity index (χ3v) is 6.31. The molecule has 2 aromatic carbocycles. The van der Waals surface area contributed by atoms with Crippen LogP contribution in [0.25, 0.3) is 33.1 Å². The number of nitrogens with one attached hydrogen (secondary N) is 1. The summed E-state index contributed by atoms with van der Waals surface area (Å²) in [4.78, 5) is 33.4. The fourth-order valence-corrected chi connectivity index (χ4v) is 4.38. The first-order valence-electron chi connectivity index (χ1n) is 11.3. The Morgan fingerprint density at radius 3 is 2.65 bits per heavy atom. The fourth-order valence-electron chi connectivity index (χ4n) is 4.12. The Kier molecular flexibility index (Phi) is 6.06. The summed E-state index contributed by atoms with van der Waals surface area (Å²) in [5, 5.41) is 9.41. The number of hydrogen-bond donors (Lipinski definition) is 1. The molecule has 1 aliphatic heterocycles. The number of aromatic amines is 1. The molecule has 0 aliphatic carbocycles. The van der Waals surface area contributed by atoms with Gasteiger partial charge in [0, 0.05) is 48.1 Å². The number of carbonyl (C=O) groups is 2. The topological polar surface area (TPSA) is 91.4 Å². The smallest absolute Gasteiger partial charge is 0.409 e. The van der Waals surface area contributed by atoms with Crippen LogP contribution in [0.5, 0.6) is 0 Å². The number of hydrogen-bond acceptors (Lipinski definition) is 5. The third kappa shape index (κ3) is 4.28. The summed E-state index contributed by atoms with van der Waals surface area (Å²) < 4.78 is 5.19. The lowest BCUT2D eigenvalue weighted by Crippen LogP contribution is -2.50. The molecule has 1 saturated heterocycles. The second kappa shape index (κ2) is 9.30. The predicted molar refractivity (Wildman–Crippen MR) is 131 cm³/mol. The summed E-state index contributed by atoms with van der Waals surface area (Å²) in [6.07, 6.45) is 2.23. The van der Waals surface area contributed by atoms with Crippen molar-refractivity contribution in [3.8, 4) is 11.3 Å². The van der Waals surface area contributed by atoms with Crippen molar-refractivity contribution in [2.45, 2.75) is 13.3 Å². The van der Waals surface area contributed by atoms with Crippen LogP contribution in [0.2, 0.25) is 5.02 Å². The van der Waals surface area contributed by atoms with Crippen molar-refractivity contribution < 1.29 is 14.3 Å². The first-order chi connectivity index (χ1) is 16.5. The Morgan fingerprint density at radius 2 is 1.85 bits per heavy atom. The predicted octanol–water partition coefficient (Wildman–Crippen LogP) is 4.74. The molecule has 0 radical (unpaired) electrons. The molecule has 1 N–H and O–H groups in total. The second-order valence-electron chi connectivity index (χ2n) is 8.29. The Bertz CT molecular complexity index is 1380. The molecule has 0 spiro atoms. The molecular formula is C25H24ClN5O3. The maximum Gasteiger partial charge on any atom is 0.409 e. The highest BCUT2D eigenvalue weighted by atomic mass is 35.5. The van der Waals surface area contributed by atoms with Gasteiger partial charge in [-0.2, -0.15) is 5.10 Å². The highest BCUT2D eigenvalue weighted by molar-refractivity contribution is 6.35. The Morgan fingerprint density at radius 1 is 1.06 bits per heavy atom. The quantitative estimate of drug-likeness (QED) is 0.458. The van der Waals surface area contributed by atoms with Gasteiger partial charge in [-0.3, -0.25) is 9.89 Å². The molecule has 8 nitrogen and oxygen atoms in total. The first kappa shape index (κ1) is 22.2. The van der Waals surface area contributed by atoms with E-state index in [1.807, 2.05) is 37.3 Å². The third-order valence-electron chi connectivity index (χ3n) is 6.00. The molecule has 34 heavy (non-hydrogen) atoms. The Balaban J connectivity index is 1.37. The summed E-state index contributed by atoms with van der Waals surface area (Å²) in [5.41, 5.74) is 3.73. The molecular weight excluding hydrogens is 454 g/mol. The van der Waals surface area contributed by atoms with Gasteiger partial charge in [-0.05, 0) is 30.7 Å². The van der Waals surface area contributed by atoms with Crippen molar-refractivity contribution in [3.05, 3.63) is 59.2 Å². The van der Waals surface area contributed by atoms with E-state index in [-0.39, 0.29) is 12.0 Å². The Labute approximate surface area is 201 Å². The van der Waals surface area contributed by atoms with E-state index >= 15 is 0 Å². The average molecular weight is 478 g/mol. The number of aromatic nitrogens is 3. The van der Waals surface area contributed by atoms with E-state index in [0.29, 0.717) is 48.9 Å². The number of benzene rings is 2. The number of H-pyrrole nitrogens is 1. The van der Waals surface area contributed by atoms with E-state index in [1.165, 1.54) is 0 Å². The minimum absolute atomic E-state index is 0.0920. The van der Waals surface area contributed by atoms with Gasteiger partial charge in [0.2, 0.25) is 0 Å². The molecule has 4 aromatic rings. The van der Waals surface area contributed by atoms with Gasteiger partial charge in [0.1, 0.15) is 0 Å². The monoisotopic (exact) mass is 477 g/mol. The van der Waals surface area contributed by atoms with Gasteiger partial charge >= 0.3 is 6.09 Å². The molecule has 2 aromatic heterocycles. The number of amides is 2. The summed E-state index contributed by atoms with van der Waals surface area (Å²) in [6.45, 7) is 4.17. The van der Waals surface area contributed by atoms with Crippen molar-refractivity contribution in [1.29, 1.82) is 0 Å². The molecule has 1 fully saturated rings. The van der Waals surface area contributed by atoms with Crippen molar-refractivity contribution in [1.82, 2.24) is 25.0 Å². The molecule has 5 rings (SSSR count). The van der Waals surface area contributed by atoms with Crippen LogP contribution in [-0.4, -0.2) is 69.8 Å². The van der Waals surface area contributed by atoms with E-state index in [1.54, 1.807) is 28.1 Å². The van der Waals surface area contributed by atoms with Crippen molar-refractivity contribution >= 4 is 45.4 Å². The first-order valence-corrected chi connectivity index (χ1v) is 11.7. The number of halogens is 1. The van der Waals surface area contributed by atoms with Crippen molar-refractivity contribution in [2.24, 2.45) is 0 Å². The lowest BCUT2D eigenvalue weighted by molar-refractivity contribution is 0.0560. The summed E-state index contributed by atoms with van der Waals surface area (Å²) in [6, 6.07) is 13.2. The molecule has 0 bridgehead atoms. The molecule has 9 heteroatoms. The molecule has 2 amide bonds. The summed E-state index contributed by atoms with van der Waals surface area (Å²) >= 11 is 6.57. The minimum atomic E-state index is -0.320. The number of fused-ring (bicyclic) bond motifs is 2. The number of carbonyl (C=O) groups excluding carboxylic acids is 2. The van der Waals surface area contributed by atoms with Crippen molar-refractivity contribution in [2.75, 3.05) is 32.8 Å². The summed E-state index contributed by atoms with van der Waals surface area (Å²) in [5.74, 6) is -0.0920. The van der Waals surface area contributed by atoms with Crippen LogP contribution in [0.1, 0.15) is 23.7 Å². The van der Waals surface area contributed by atoms with Gasteiger partial charge in [0.05, 0.1) is 34.6 Å².